The van der Waals surface area contributed by atoms with E-state index in [0.717, 1.165) is 15.4 Å². The molecule has 78 valence electrons. The number of hydrogen-bond acceptors (Lipinski definition) is 2. The Hall–Kier alpha value is -1.33. The standard InChI is InChI=1S/C10H9BrN2O2/c11-6-2-1-5-3-8(9(12)10(14)15)13-7(5)4-6/h1-4,9,13H,12H2,(H,14,15). The molecule has 0 bridgehead atoms. The van der Waals surface area contributed by atoms with Crippen molar-refractivity contribution in [2.75, 3.05) is 0 Å². The number of aliphatic carboxylic acids is 1. The summed E-state index contributed by atoms with van der Waals surface area (Å²) < 4.78 is 0.937. The van der Waals surface area contributed by atoms with Crippen molar-refractivity contribution in [1.29, 1.82) is 0 Å². The van der Waals surface area contributed by atoms with Gasteiger partial charge in [-0.25, -0.2) is 0 Å². The van der Waals surface area contributed by atoms with Gasteiger partial charge in [0.1, 0.15) is 6.04 Å². The van der Waals surface area contributed by atoms with Gasteiger partial charge in [-0.05, 0) is 23.6 Å². The van der Waals surface area contributed by atoms with Crippen LogP contribution >= 0.6 is 15.9 Å². The third-order valence-electron chi connectivity index (χ3n) is 2.21. The smallest absolute Gasteiger partial charge is 0.326 e. The van der Waals surface area contributed by atoms with E-state index in [4.69, 9.17) is 10.8 Å². The van der Waals surface area contributed by atoms with Gasteiger partial charge in [0, 0.05) is 15.7 Å². The Morgan fingerprint density at radius 2 is 2.20 bits per heavy atom. The fraction of sp³-hybridized carbons (Fsp3) is 0.100. The van der Waals surface area contributed by atoms with Crippen LogP contribution < -0.4 is 5.73 Å². The molecule has 0 saturated heterocycles. The summed E-state index contributed by atoms with van der Waals surface area (Å²) >= 11 is 3.34. The number of nitrogens with two attached hydrogens (primary N) is 1. The Bertz CT molecular complexity index is 521. The van der Waals surface area contributed by atoms with E-state index in [-0.39, 0.29) is 0 Å². The first-order valence-electron chi connectivity index (χ1n) is 4.34. The molecule has 0 spiro atoms. The normalized spacial score (nSPS) is 12.9. The Kier molecular flexibility index (Phi) is 2.50. The molecule has 4 N–H and O–H groups in total. The number of carboxylic acids is 1. The quantitative estimate of drug-likeness (QED) is 0.780. The molecular formula is C10H9BrN2O2. The molecule has 1 atom stereocenters. The average molecular weight is 269 g/mol. The number of hydrogen-bond donors (Lipinski definition) is 3. The third-order valence-corrected chi connectivity index (χ3v) is 2.70. The maximum absolute atomic E-state index is 10.7. The van der Waals surface area contributed by atoms with E-state index >= 15 is 0 Å². The lowest BCUT2D eigenvalue weighted by molar-refractivity contribution is -0.138. The van der Waals surface area contributed by atoms with Crippen LogP contribution in [0.3, 0.4) is 0 Å². The molecule has 2 rings (SSSR count). The first-order valence-corrected chi connectivity index (χ1v) is 5.14. The van der Waals surface area contributed by atoms with Crippen molar-refractivity contribution in [3.8, 4) is 0 Å². The molecule has 0 radical (unpaired) electrons. The highest BCUT2D eigenvalue weighted by molar-refractivity contribution is 9.10. The lowest BCUT2D eigenvalue weighted by Crippen LogP contribution is -2.20. The van der Waals surface area contributed by atoms with Crippen LogP contribution in [-0.4, -0.2) is 16.1 Å². The molecule has 1 heterocycles. The van der Waals surface area contributed by atoms with Gasteiger partial charge in [-0.2, -0.15) is 0 Å². The monoisotopic (exact) mass is 268 g/mol. The Morgan fingerprint density at radius 3 is 2.87 bits per heavy atom. The number of halogens is 1. The molecule has 0 aliphatic heterocycles. The summed E-state index contributed by atoms with van der Waals surface area (Å²) in [6.45, 7) is 0. The van der Waals surface area contributed by atoms with Crippen molar-refractivity contribution in [1.82, 2.24) is 4.98 Å². The lowest BCUT2D eigenvalue weighted by Gasteiger charge is -2.01. The van der Waals surface area contributed by atoms with Crippen LogP contribution in [0.4, 0.5) is 0 Å². The van der Waals surface area contributed by atoms with Crippen LogP contribution in [0.15, 0.2) is 28.7 Å². The zero-order valence-corrected chi connectivity index (χ0v) is 9.28. The highest BCUT2D eigenvalue weighted by Gasteiger charge is 2.16. The van der Waals surface area contributed by atoms with Crippen molar-refractivity contribution in [2.45, 2.75) is 6.04 Å². The lowest BCUT2D eigenvalue weighted by atomic mass is 10.2. The number of fused-ring (bicyclic) bond motifs is 1. The van der Waals surface area contributed by atoms with Gasteiger partial charge in [0.05, 0.1) is 0 Å². The van der Waals surface area contributed by atoms with Gasteiger partial charge in [-0.1, -0.05) is 22.0 Å². The molecule has 2 aromatic rings. The van der Waals surface area contributed by atoms with E-state index in [1.165, 1.54) is 0 Å². The highest BCUT2D eigenvalue weighted by Crippen LogP contribution is 2.22. The minimum Gasteiger partial charge on any atom is -0.480 e. The minimum absolute atomic E-state index is 0.510. The van der Waals surface area contributed by atoms with Crippen LogP contribution in [0.25, 0.3) is 10.9 Å². The van der Waals surface area contributed by atoms with E-state index in [2.05, 4.69) is 20.9 Å². The van der Waals surface area contributed by atoms with Gasteiger partial charge in [0.15, 0.2) is 0 Å². The fourth-order valence-electron chi connectivity index (χ4n) is 1.42. The number of carboxylic acid groups (broad SMARTS) is 1. The Labute approximate surface area is 94.2 Å². The molecule has 1 unspecified atom stereocenters. The molecule has 0 aliphatic carbocycles. The predicted octanol–water partition coefficient (Wildman–Crippen LogP) is 2.01. The van der Waals surface area contributed by atoms with Crippen LogP contribution in [0.5, 0.6) is 0 Å². The van der Waals surface area contributed by atoms with Crippen LogP contribution in [-0.2, 0) is 4.79 Å². The second-order valence-electron chi connectivity index (χ2n) is 3.27. The fourth-order valence-corrected chi connectivity index (χ4v) is 1.78. The van der Waals surface area contributed by atoms with E-state index in [1.54, 1.807) is 6.07 Å². The van der Waals surface area contributed by atoms with Crippen molar-refractivity contribution >= 4 is 32.8 Å². The van der Waals surface area contributed by atoms with E-state index < -0.39 is 12.0 Å². The topological polar surface area (TPSA) is 79.1 Å². The molecule has 0 fully saturated rings. The summed E-state index contributed by atoms with van der Waals surface area (Å²) in [7, 11) is 0. The molecule has 0 amide bonds. The maximum atomic E-state index is 10.7. The zero-order chi connectivity index (χ0) is 11.0. The molecule has 0 aliphatic rings. The number of rotatable bonds is 2. The van der Waals surface area contributed by atoms with Crippen LogP contribution in [0.1, 0.15) is 11.7 Å². The third kappa shape index (κ3) is 1.88. The SMILES string of the molecule is NC(C(=O)O)c1cc2ccc(Br)cc2[nH]1. The predicted molar refractivity (Wildman–Crippen MR) is 60.6 cm³/mol. The molecular weight excluding hydrogens is 260 g/mol. The summed E-state index contributed by atoms with van der Waals surface area (Å²) in [6.07, 6.45) is 0. The Morgan fingerprint density at radius 1 is 1.47 bits per heavy atom. The number of aromatic amines is 1. The van der Waals surface area contributed by atoms with Gasteiger partial charge >= 0.3 is 5.97 Å². The summed E-state index contributed by atoms with van der Waals surface area (Å²) in [5.74, 6) is -1.04. The molecule has 4 nitrogen and oxygen atoms in total. The number of H-pyrrole nitrogens is 1. The summed E-state index contributed by atoms with van der Waals surface area (Å²) in [5.41, 5.74) is 6.88. The van der Waals surface area contributed by atoms with Crippen molar-refractivity contribution in [3.63, 3.8) is 0 Å². The Balaban J connectivity index is 2.51. The van der Waals surface area contributed by atoms with Gasteiger partial charge in [-0.15, -0.1) is 0 Å². The van der Waals surface area contributed by atoms with Gasteiger partial charge < -0.3 is 15.8 Å². The largest absolute Gasteiger partial charge is 0.480 e. The molecule has 1 aromatic carbocycles. The van der Waals surface area contributed by atoms with Gasteiger partial charge in [0.2, 0.25) is 0 Å². The molecule has 15 heavy (non-hydrogen) atoms. The number of aromatic nitrogens is 1. The minimum atomic E-state index is -1.04. The zero-order valence-electron chi connectivity index (χ0n) is 7.70. The van der Waals surface area contributed by atoms with E-state index in [9.17, 15) is 4.79 Å². The van der Waals surface area contributed by atoms with Crippen LogP contribution in [0.2, 0.25) is 0 Å². The maximum Gasteiger partial charge on any atom is 0.326 e. The van der Waals surface area contributed by atoms with Gasteiger partial charge in [-0.3, -0.25) is 4.79 Å². The molecule has 0 saturated carbocycles. The second kappa shape index (κ2) is 3.67. The molecule has 1 aromatic heterocycles. The molecule has 5 heteroatoms. The summed E-state index contributed by atoms with van der Waals surface area (Å²) in [6, 6.07) is 6.42. The van der Waals surface area contributed by atoms with Gasteiger partial charge in [0.25, 0.3) is 0 Å². The highest BCUT2D eigenvalue weighted by atomic mass is 79.9. The second-order valence-corrected chi connectivity index (χ2v) is 4.19. The van der Waals surface area contributed by atoms with E-state index in [0.29, 0.717) is 5.69 Å². The first-order chi connectivity index (χ1) is 7.08. The van der Waals surface area contributed by atoms with Crippen molar-refractivity contribution < 1.29 is 9.90 Å². The van der Waals surface area contributed by atoms with Crippen molar-refractivity contribution in [2.24, 2.45) is 5.73 Å². The van der Waals surface area contributed by atoms with E-state index in [1.807, 2.05) is 18.2 Å². The first kappa shape index (κ1) is 10.2. The van der Waals surface area contributed by atoms with Crippen LogP contribution in [0, 0.1) is 0 Å². The summed E-state index contributed by atoms with van der Waals surface area (Å²) in [4.78, 5) is 13.7. The number of benzene rings is 1. The van der Waals surface area contributed by atoms with Crippen molar-refractivity contribution in [3.05, 3.63) is 34.4 Å². The summed E-state index contributed by atoms with van der Waals surface area (Å²) in [5, 5.41) is 9.71. The average Bonchev–Trinajstić information content (AvgIpc) is 2.58. The number of nitrogens with one attached hydrogen (secondary N) is 1. The number of carbonyl (C=O) groups is 1.